The summed E-state index contributed by atoms with van der Waals surface area (Å²) in [6.07, 6.45) is 1.83. The number of nitrogens with one attached hydrogen (secondary N) is 1. The molecule has 1 amide bonds. The summed E-state index contributed by atoms with van der Waals surface area (Å²) in [5.41, 5.74) is 1.60. The molecule has 1 heterocycles. The lowest BCUT2D eigenvalue weighted by atomic mass is 10.2. The fourth-order valence-corrected chi connectivity index (χ4v) is 4.22. The Morgan fingerprint density at radius 2 is 2.10 bits per heavy atom. The molecule has 0 aliphatic heterocycles. The predicted molar refractivity (Wildman–Crippen MR) is 122 cm³/mol. The minimum Gasteiger partial charge on any atom is -0.497 e. The zero-order valence-corrected chi connectivity index (χ0v) is 18.6. The van der Waals surface area contributed by atoms with Gasteiger partial charge in [-0.25, -0.2) is 0 Å². The van der Waals surface area contributed by atoms with Crippen molar-refractivity contribution >= 4 is 46.6 Å². The number of aromatic nitrogens is 3. The molecule has 2 aromatic carbocycles. The van der Waals surface area contributed by atoms with Gasteiger partial charge in [0.15, 0.2) is 5.16 Å². The number of amides is 1. The Kier molecular flexibility index (Phi) is 7.79. The number of carbonyl (C=O) groups is 1. The van der Waals surface area contributed by atoms with Gasteiger partial charge in [0.05, 0.1) is 13.5 Å². The second-order valence-electron chi connectivity index (χ2n) is 6.28. The molecule has 0 aliphatic carbocycles. The molecule has 1 aromatic heterocycles. The minimum atomic E-state index is -0.196. The third kappa shape index (κ3) is 5.78. The van der Waals surface area contributed by atoms with Crippen LogP contribution in [0, 0.1) is 0 Å². The standard InChI is InChI=1S/C21H20Cl2N4O2S/c1-3-9-27-19(12-20(28)24-16-5-4-6-17(11-16)29-2)25-26-21(27)30-13-14-7-8-15(22)10-18(14)23/h3-8,10-11H,1,9,12-13H2,2H3,(H,24,28). The lowest BCUT2D eigenvalue weighted by molar-refractivity contribution is -0.115. The van der Waals surface area contributed by atoms with E-state index in [2.05, 4.69) is 22.1 Å². The van der Waals surface area contributed by atoms with Crippen molar-refractivity contribution < 1.29 is 9.53 Å². The molecule has 0 aliphatic rings. The van der Waals surface area contributed by atoms with E-state index in [9.17, 15) is 4.79 Å². The molecule has 0 bridgehead atoms. The summed E-state index contributed by atoms with van der Waals surface area (Å²) >= 11 is 13.7. The lowest BCUT2D eigenvalue weighted by Gasteiger charge is -2.09. The quantitative estimate of drug-likeness (QED) is 0.347. The fraction of sp³-hybridized carbons (Fsp3) is 0.190. The first kappa shape index (κ1) is 22.2. The van der Waals surface area contributed by atoms with Crippen LogP contribution < -0.4 is 10.1 Å². The Bertz CT molecular complexity index is 1060. The molecule has 156 valence electrons. The van der Waals surface area contributed by atoms with Gasteiger partial charge < -0.3 is 14.6 Å². The van der Waals surface area contributed by atoms with Crippen LogP contribution in [0.1, 0.15) is 11.4 Å². The van der Waals surface area contributed by atoms with Gasteiger partial charge in [-0.05, 0) is 29.8 Å². The highest BCUT2D eigenvalue weighted by Gasteiger charge is 2.16. The summed E-state index contributed by atoms with van der Waals surface area (Å²) in [6, 6.07) is 12.6. The predicted octanol–water partition coefficient (Wildman–Crippen LogP) is 5.25. The fourth-order valence-electron chi connectivity index (χ4n) is 2.70. The number of carbonyl (C=O) groups excluding carboxylic acids is 1. The van der Waals surface area contributed by atoms with E-state index < -0.39 is 0 Å². The molecule has 3 rings (SSSR count). The van der Waals surface area contributed by atoms with Crippen LogP contribution in [-0.2, 0) is 23.5 Å². The van der Waals surface area contributed by atoms with Crippen LogP contribution in [0.25, 0.3) is 0 Å². The van der Waals surface area contributed by atoms with E-state index in [0.29, 0.717) is 44.8 Å². The van der Waals surface area contributed by atoms with Gasteiger partial charge in [-0.15, -0.1) is 16.8 Å². The summed E-state index contributed by atoms with van der Waals surface area (Å²) in [5, 5.41) is 13.2. The molecule has 0 spiro atoms. The first-order chi connectivity index (χ1) is 14.5. The second kappa shape index (κ2) is 10.5. The molecule has 0 saturated heterocycles. The Balaban J connectivity index is 1.70. The molecule has 0 radical (unpaired) electrons. The Morgan fingerprint density at radius 3 is 2.83 bits per heavy atom. The summed E-state index contributed by atoms with van der Waals surface area (Å²) in [7, 11) is 1.58. The highest BCUT2D eigenvalue weighted by atomic mass is 35.5. The Morgan fingerprint density at radius 1 is 1.27 bits per heavy atom. The highest BCUT2D eigenvalue weighted by Crippen LogP contribution is 2.28. The van der Waals surface area contributed by atoms with Gasteiger partial charge in [0, 0.05) is 34.1 Å². The number of methoxy groups -OCH3 is 1. The number of hydrogen-bond donors (Lipinski definition) is 1. The number of thioether (sulfide) groups is 1. The maximum atomic E-state index is 12.5. The zero-order valence-electron chi connectivity index (χ0n) is 16.3. The number of rotatable bonds is 9. The molecule has 0 saturated carbocycles. The average Bonchev–Trinajstić information content (AvgIpc) is 3.09. The number of nitrogens with zero attached hydrogens (tertiary/aromatic N) is 3. The van der Waals surface area contributed by atoms with Crippen LogP contribution in [0.2, 0.25) is 10.0 Å². The summed E-state index contributed by atoms with van der Waals surface area (Å²) in [6.45, 7) is 4.28. The zero-order chi connectivity index (χ0) is 21.5. The summed E-state index contributed by atoms with van der Waals surface area (Å²) in [4.78, 5) is 12.5. The third-order valence-electron chi connectivity index (χ3n) is 4.15. The topological polar surface area (TPSA) is 69.0 Å². The number of anilines is 1. The van der Waals surface area contributed by atoms with Crippen LogP contribution in [-0.4, -0.2) is 27.8 Å². The molecule has 6 nitrogen and oxygen atoms in total. The molecule has 0 atom stereocenters. The Hall–Kier alpha value is -2.48. The van der Waals surface area contributed by atoms with Gasteiger partial charge in [0.2, 0.25) is 5.91 Å². The second-order valence-corrected chi connectivity index (χ2v) is 8.07. The number of halogens is 2. The van der Waals surface area contributed by atoms with Crippen LogP contribution in [0.4, 0.5) is 5.69 Å². The first-order valence-corrected chi connectivity index (χ1v) is 10.8. The van der Waals surface area contributed by atoms with E-state index in [1.165, 1.54) is 11.8 Å². The molecule has 30 heavy (non-hydrogen) atoms. The van der Waals surface area contributed by atoms with Crippen LogP contribution >= 0.6 is 35.0 Å². The van der Waals surface area contributed by atoms with E-state index in [-0.39, 0.29) is 12.3 Å². The van der Waals surface area contributed by atoms with Crippen LogP contribution in [0.15, 0.2) is 60.3 Å². The van der Waals surface area contributed by atoms with Crippen molar-refractivity contribution in [3.8, 4) is 5.75 Å². The van der Waals surface area contributed by atoms with Gasteiger partial charge >= 0.3 is 0 Å². The van der Waals surface area contributed by atoms with Crippen molar-refractivity contribution in [1.82, 2.24) is 14.8 Å². The van der Waals surface area contributed by atoms with Crippen LogP contribution in [0.5, 0.6) is 5.75 Å². The van der Waals surface area contributed by atoms with Gasteiger partial charge in [-0.1, -0.05) is 53.2 Å². The number of hydrogen-bond acceptors (Lipinski definition) is 5. The van der Waals surface area contributed by atoms with E-state index in [0.717, 1.165) is 5.56 Å². The Labute approximate surface area is 189 Å². The number of allylic oxidation sites excluding steroid dienone is 1. The van der Waals surface area contributed by atoms with E-state index in [1.54, 1.807) is 37.5 Å². The normalized spacial score (nSPS) is 10.6. The van der Waals surface area contributed by atoms with Crippen molar-refractivity contribution in [2.75, 3.05) is 12.4 Å². The van der Waals surface area contributed by atoms with E-state index in [4.69, 9.17) is 27.9 Å². The molecule has 0 unspecified atom stereocenters. The average molecular weight is 463 g/mol. The van der Waals surface area contributed by atoms with Gasteiger partial charge in [-0.3, -0.25) is 4.79 Å². The molecule has 9 heteroatoms. The largest absolute Gasteiger partial charge is 0.497 e. The summed E-state index contributed by atoms with van der Waals surface area (Å²) < 4.78 is 7.05. The van der Waals surface area contributed by atoms with Crippen molar-refractivity contribution in [2.24, 2.45) is 0 Å². The molecule has 0 fully saturated rings. The van der Waals surface area contributed by atoms with E-state index >= 15 is 0 Å². The lowest BCUT2D eigenvalue weighted by Crippen LogP contribution is -2.17. The maximum absolute atomic E-state index is 12.5. The molecular weight excluding hydrogens is 443 g/mol. The van der Waals surface area contributed by atoms with Crippen molar-refractivity contribution in [2.45, 2.75) is 23.9 Å². The van der Waals surface area contributed by atoms with E-state index in [1.807, 2.05) is 22.8 Å². The van der Waals surface area contributed by atoms with Crippen molar-refractivity contribution in [1.29, 1.82) is 0 Å². The molecule has 3 aromatic rings. The van der Waals surface area contributed by atoms with Crippen molar-refractivity contribution in [3.63, 3.8) is 0 Å². The monoisotopic (exact) mass is 462 g/mol. The molecule has 1 N–H and O–H groups in total. The van der Waals surface area contributed by atoms with Gasteiger partial charge in [0.25, 0.3) is 0 Å². The maximum Gasteiger partial charge on any atom is 0.232 e. The summed E-state index contributed by atoms with van der Waals surface area (Å²) in [5.74, 6) is 1.63. The number of benzene rings is 2. The number of ether oxygens (including phenoxy) is 1. The smallest absolute Gasteiger partial charge is 0.232 e. The van der Waals surface area contributed by atoms with Crippen molar-refractivity contribution in [3.05, 3.63) is 76.6 Å². The third-order valence-corrected chi connectivity index (χ3v) is 5.75. The van der Waals surface area contributed by atoms with Crippen LogP contribution in [0.3, 0.4) is 0 Å². The minimum absolute atomic E-state index is 0.0836. The first-order valence-electron chi connectivity index (χ1n) is 9.03. The highest BCUT2D eigenvalue weighted by molar-refractivity contribution is 7.98. The van der Waals surface area contributed by atoms with Gasteiger partial charge in [0.1, 0.15) is 11.6 Å². The SMILES string of the molecule is C=CCn1c(CC(=O)Nc2cccc(OC)c2)nnc1SCc1ccc(Cl)cc1Cl. The molecular formula is C21H20Cl2N4O2S. The van der Waals surface area contributed by atoms with Gasteiger partial charge in [-0.2, -0.15) is 0 Å².